The van der Waals surface area contributed by atoms with Crippen molar-refractivity contribution in [2.45, 2.75) is 6.42 Å². The smallest absolute Gasteiger partial charge is 0.301 e. The van der Waals surface area contributed by atoms with Crippen LogP contribution < -0.4 is 10.0 Å². The van der Waals surface area contributed by atoms with Crippen molar-refractivity contribution in [3.05, 3.63) is 36.7 Å². The third-order valence-corrected chi connectivity index (χ3v) is 4.71. The van der Waals surface area contributed by atoms with Crippen molar-refractivity contribution in [2.75, 3.05) is 31.9 Å². The lowest BCUT2D eigenvalue weighted by Gasteiger charge is -2.19. The zero-order valence-corrected chi connectivity index (χ0v) is 13.0. The molecule has 0 unspecified atom stereocenters. The van der Waals surface area contributed by atoms with Crippen molar-refractivity contribution in [2.24, 2.45) is 0 Å². The maximum absolute atomic E-state index is 12.3. The van der Waals surface area contributed by atoms with E-state index in [0.29, 0.717) is 12.2 Å². The van der Waals surface area contributed by atoms with Gasteiger partial charge in [0, 0.05) is 36.8 Å². The molecule has 0 fully saturated rings. The summed E-state index contributed by atoms with van der Waals surface area (Å²) in [6.45, 7) is 1.24. The number of aromatic nitrogens is 1. The summed E-state index contributed by atoms with van der Waals surface area (Å²) in [6.07, 6.45) is 4.12. The van der Waals surface area contributed by atoms with Gasteiger partial charge in [0.15, 0.2) is 0 Å². The Balaban J connectivity index is 2.19. The fraction of sp³-hybridized carbons (Fsp3) is 0.357. The summed E-state index contributed by atoms with van der Waals surface area (Å²) in [4.78, 5) is 4.04. The van der Waals surface area contributed by atoms with Crippen molar-refractivity contribution < 1.29 is 8.42 Å². The molecule has 0 spiro atoms. The molecule has 0 saturated carbocycles. The third-order valence-electron chi connectivity index (χ3n) is 3.23. The first-order chi connectivity index (χ1) is 10.0. The molecular formula is C14H20N4O2S. The Morgan fingerprint density at radius 1 is 1.29 bits per heavy atom. The molecule has 0 aliphatic carbocycles. The van der Waals surface area contributed by atoms with E-state index < -0.39 is 10.2 Å². The normalized spacial score (nSPS) is 12.0. The summed E-state index contributed by atoms with van der Waals surface area (Å²) in [5.41, 5.74) is 0.565. The van der Waals surface area contributed by atoms with Crippen LogP contribution in [0.4, 0.5) is 5.69 Å². The molecule has 2 N–H and O–H groups in total. The number of fused-ring (bicyclic) bond motifs is 1. The van der Waals surface area contributed by atoms with E-state index in [2.05, 4.69) is 15.0 Å². The van der Waals surface area contributed by atoms with Crippen molar-refractivity contribution in [3.63, 3.8) is 0 Å². The van der Waals surface area contributed by atoms with Crippen LogP contribution in [0.5, 0.6) is 0 Å². The van der Waals surface area contributed by atoms with Gasteiger partial charge in [0.05, 0.1) is 5.69 Å². The minimum absolute atomic E-state index is 0.461. The van der Waals surface area contributed by atoms with E-state index >= 15 is 0 Å². The quantitative estimate of drug-likeness (QED) is 0.759. The average Bonchev–Trinajstić information content (AvgIpc) is 2.47. The Hall–Kier alpha value is -1.70. The molecule has 0 amide bonds. The Kier molecular flexibility index (Phi) is 5.11. The highest BCUT2D eigenvalue weighted by Crippen LogP contribution is 2.23. The fourth-order valence-corrected chi connectivity index (χ4v) is 3.01. The zero-order valence-electron chi connectivity index (χ0n) is 12.2. The number of pyridine rings is 1. The van der Waals surface area contributed by atoms with Gasteiger partial charge >= 0.3 is 10.2 Å². The van der Waals surface area contributed by atoms with Gasteiger partial charge in [0.2, 0.25) is 0 Å². The van der Waals surface area contributed by atoms with E-state index in [1.165, 1.54) is 4.31 Å². The molecule has 7 heteroatoms. The molecule has 0 radical (unpaired) electrons. The molecule has 1 aromatic carbocycles. The van der Waals surface area contributed by atoms with Crippen molar-refractivity contribution >= 4 is 26.7 Å². The molecule has 0 bridgehead atoms. The number of nitrogens with zero attached hydrogens (tertiary/aromatic N) is 2. The predicted octanol–water partition coefficient (Wildman–Crippen LogP) is 1.43. The summed E-state index contributed by atoms with van der Waals surface area (Å²) >= 11 is 0. The first kappa shape index (κ1) is 15.7. The fourth-order valence-electron chi connectivity index (χ4n) is 2.03. The minimum atomic E-state index is -3.55. The Bertz CT molecular complexity index is 698. The molecule has 0 saturated heterocycles. The lowest BCUT2D eigenvalue weighted by molar-refractivity contribution is 0.462. The number of hydrogen-bond donors (Lipinski definition) is 2. The van der Waals surface area contributed by atoms with Crippen LogP contribution >= 0.6 is 0 Å². The summed E-state index contributed by atoms with van der Waals surface area (Å²) in [5, 5.41) is 4.73. The second kappa shape index (κ2) is 6.84. The first-order valence-electron chi connectivity index (χ1n) is 6.76. The highest BCUT2D eigenvalue weighted by molar-refractivity contribution is 7.90. The maximum atomic E-state index is 12.3. The minimum Gasteiger partial charge on any atom is -0.320 e. The van der Waals surface area contributed by atoms with Crippen LogP contribution in [0.2, 0.25) is 0 Å². The molecule has 0 aliphatic rings. The third kappa shape index (κ3) is 3.90. The second-order valence-corrected chi connectivity index (χ2v) is 6.57. The van der Waals surface area contributed by atoms with Crippen LogP contribution in [-0.4, -0.2) is 44.9 Å². The largest absolute Gasteiger partial charge is 0.320 e. The number of benzene rings is 1. The van der Waals surface area contributed by atoms with Gasteiger partial charge in [-0.3, -0.25) is 9.71 Å². The van der Waals surface area contributed by atoms with Crippen LogP contribution in [-0.2, 0) is 10.2 Å². The molecule has 6 nitrogen and oxygen atoms in total. The molecule has 1 aromatic heterocycles. The van der Waals surface area contributed by atoms with E-state index in [1.54, 1.807) is 31.6 Å². The summed E-state index contributed by atoms with van der Waals surface area (Å²) < 4.78 is 28.6. The lowest BCUT2D eigenvalue weighted by Crippen LogP contribution is -2.34. The van der Waals surface area contributed by atoms with Crippen LogP contribution in [0.25, 0.3) is 10.8 Å². The lowest BCUT2D eigenvalue weighted by atomic mass is 10.1. The second-order valence-electron chi connectivity index (χ2n) is 4.79. The van der Waals surface area contributed by atoms with Crippen molar-refractivity contribution in [1.82, 2.24) is 14.6 Å². The van der Waals surface area contributed by atoms with Crippen LogP contribution in [0.3, 0.4) is 0 Å². The van der Waals surface area contributed by atoms with E-state index in [4.69, 9.17) is 0 Å². The van der Waals surface area contributed by atoms with Gasteiger partial charge in [-0.05, 0) is 32.1 Å². The van der Waals surface area contributed by atoms with E-state index in [-0.39, 0.29) is 0 Å². The maximum Gasteiger partial charge on any atom is 0.301 e. The Labute approximate surface area is 125 Å². The number of hydrogen-bond acceptors (Lipinski definition) is 4. The highest BCUT2D eigenvalue weighted by Gasteiger charge is 2.17. The summed E-state index contributed by atoms with van der Waals surface area (Å²) in [7, 11) is -0.132. The van der Waals surface area contributed by atoms with E-state index in [0.717, 1.165) is 23.7 Å². The van der Waals surface area contributed by atoms with Gasteiger partial charge < -0.3 is 5.32 Å². The number of nitrogens with one attached hydrogen (secondary N) is 2. The monoisotopic (exact) mass is 308 g/mol. The average molecular weight is 308 g/mol. The van der Waals surface area contributed by atoms with Crippen LogP contribution in [0.1, 0.15) is 6.42 Å². The van der Waals surface area contributed by atoms with Gasteiger partial charge in [-0.25, -0.2) is 0 Å². The molecule has 1 heterocycles. The SMILES string of the molecule is CNCCCN(C)S(=O)(=O)Nc1cccc2cnccc12. The predicted molar refractivity (Wildman–Crippen MR) is 85.5 cm³/mol. The molecule has 0 atom stereocenters. The molecule has 21 heavy (non-hydrogen) atoms. The topological polar surface area (TPSA) is 74.3 Å². The van der Waals surface area contributed by atoms with Crippen molar-refractivity contribution in [3.8, 4) is 0 Å². The van der Waals surface area contributed by atoms with Gasteiger partial charge in [0.1, 0.15) is 0 Å². The molecular weight excluding hydrogens is 288 g/mol. The molecule has 114 valence electrons. The van der Waals surface area contributed by atoms with Gasteiger partial charge in [0.25, 0.3) is 0 Å². The van der Waals surface area contributed by atoms with Gasteiger partial charge in [-0.1, -0.05) is 12.1 Å². The highest BCUT2D eigenvalue weighted by atomic mass is 32.2. The summed E-state index contributed by atoms with van der Waals surface area (Å²) in [5.74, 6) is 0. The van der Waals surface area contributed by atoms with Gasteiger partial charge in [-0.15, -0.1) is 0 Å². The van der Waals surface area contributed by atoms with E-state index in [1.807, 2.05) is 19.2 Å². The Morgan fingerprint density at radius 2 is 2.10 bits per heavy atom. The molecule has 2 aromatic rings. The standard InChI is InChI=1S/C14H20N4O2S/c1-15-8-4-10-18(2)21(19,20)17-14-6-3-5-12-11-16-9-7-13(12)14/h3,5-7,9,11,15,17H,4,8,10H2,1-2H3. The van der Waals surface area contributed by atoms with Crippen LogP contribution in [0, 0.1) is 0 Å². The molecule has 0 aliphatic heterocycles. The number of anilines is 1. The van der Waals surface area contributed by atoms with E-state index in [9.17, 15) is 8.42 Å². The Morgan fingerprint density at radius 3 is 2.86 bits per heavy atom. The summed E-state index contributed by atoms with van der Waals surface area (Å²) in [6, 6.07) is 7.26. The van der Waals surface area contributed by atoms with Crippen LogP contribution in [0.15, 0.2) is 36.7 Å². The van der Waals surface area contributed by atoms with Gasteiger partial charge in [-0.2, -0.15) is 12.7 Å². The first-order valence-corrected chi connectivity index (χ1v) is 8.20. The number of rotatable bonds is 7. The zero-order chi connectivity index (χ0) is 15.3. The molecule has 2 rings (SSSR count). The van der Waals surface area contributed by atoms with Crippen molar-refractivity contribution in [1.29, 1.82) is 0 Å².